The number of fused-ring (bicyclic) bond motifs is 1. The van der Waals surface area contributed by atoms with Crippen molar-refractivity contribution < 1.29 is 18.8 Å². The Hall–Kier alpha value is -3.46. The molecule has 4 rings (SSSR count). The van der Waals surface area contributed by atoms with Gasteiger partial charge in [0.1, 0.15) is 12.4 Å². The number of nitrogens with two attached hydrogens (primary N) is 1. The maximum absolute atomic E-state index is 14.1. The molecule has 0 radical (unpaired) electrons. The Morgan fingerprint density at radius 3 is 2.44 bits per heavy atom. The second kappa shape index (κ2) is 13.9. The molecule has 1 heterocycles. The minimum absolute atomic E-state index is 0.0546. The van der Waals surface area contributed by atoms with E-state index in [0.717, 1.165) is 5.56 Å². The van der Waals surface area contributed by atoms with E-state index in [1.165, 1.54) is 0 Å². The van der Waals surface area contributed by atoms with Gasteiger partial charge in [-0.25, -0.2) is 4.98 Å². The molecule has 0 aliphatic heterocycles. The van der Waals surface area contributed by atoms with Crippen LogP contribution in [0.5, 0.6) is 0 Å². The van der Waals surface area contributed by atoms with Gasteiger partial charge in [-0.2, -0.15) is 0 Å². The molecule has 0 fully saturated rings. The fourth-order valence-electron chi connectivity index (χ4n) is 4.82. The topological polar surface area (TPSA) is 128 Å². The van der Waals surface area contributed by atoms with Crippen LogP contribution < -0.4 is 11.3 Å². The zero-order valence-electron chi connectivity index (χ0n) is 22.9. The van der Waals surface area contributed by atoms with Crippen LogP contribution >= 0.6 is 19.9 Å². The van der Waals surface area contributed by atoms with E-state index in [1.807, 2.05) is 44.2 Å². The number of aromatic nitrogens is 2. The van der Waals surface area contributed by atoms with Gasteiger partial charge in [0.2, 0.25) is 0 Å². The molecule has 9 nitrogen and oxygen atoms in total. The summed E-state index contributed by atoms with van der Waals surface area (Å²) in [6.07, 6.45) is 0.548. The van der Waals surface area contributed by atoms with Crippen molar-refractivity contribution in [2.24, 2.45) is 11.7 Å². The molecule has 3 aromatic carbocycles. The van der Waals surface area contributed by atoms with Gasteiger partial charge in [-0.15, -0.1) is 9.42 Å². The second-order valence-corrected chi connectivity index (χ2v) is 11.2. The van der Waals surface area contributed by atoms with Crippen LogP contribution in [-0.4, -0.2) is 38.3 Å². The molecular formula is C30H33ClN4O5P+. The van der Waals surface area contributed by atoms with Crippen LogP contribution in [0.25, 0.3) is 10.9 Å². The van der Waals surface area contributed by atoms with Crippen LogP contribution in [0, 0.1) is 5.92 Å². The van der Waals surface area contributed by atoms with Crippen molar-refractivity contribution in [3.05, 3.63) is 111 Å². The number of hydrogen-bond donors (Lipinski definition) is 2. The Morgan fingerprint density at radius 1 is 1.10 bits per heavy atom. The number of nitrogens with zero attached hydrogens (tertiary/aromatic N) is 3. The SMILES string of the molecule is CC(C)C(c1nc2cc(Cl)ccc2c(=O)n1Cc1ccccc1)N(CCCN)C(=O)c1ccc(CO[P+](=O)O)cc1. The first-order valence-corrected chi connectivity index (χ1v) is 14.8. The highest BCUT2D eigenvalue weighted by Crippen LogP contribution is 2.31. The summed E-state index contributed by atoms with van der Waals surface area (Å²) in [4.78, 5) is 43.6. The summed E-state index contributed by atoms with van der Waals surface area (Å²) in [5, 5.41) is 0.905. The van der Waals surface area contributed by atoms with Crippen molar-refractivity contribution in [1.29, 1.82) is 0 Å². The minimum atomic E-state index is -2.72. The van der Waals surface area contributed by atoms with Gasteiger partial charge in [-0.1, -0.05) is 67.9 Å². The molecule has 0 bridgehead atoms. The highest BCUT2D eigenvalue weighted by atomic mass is 35.5. The fourth-order valence-corrected chi connectivity index (χ4v) is 5.25. The first-order valence-electron chi connectivity index (χ1n) is 13.3. The van der Waals surface area contributed by atoms with E-state index in [-0.39, 0.29) is 30.5 Å². The minimum Gasteiger partial charge on any atom is -0.330 e. The number of carbonyl (C=O) groups is 1. The molecule has 0 saturated carbocycles. The molecule has 0 spiro atoms. The Bertz CT molecular complexity index is 1580. The number of amides is 1. The normalized spacial score (nSPS) is 12.5. The van der Waals surface area contributed by atoms with Gasteiger partial charge in [0, 0.05) is 21.7 Å². The molecular weight excluding hydrogens is 563 g/mol. The number of rotatable bonds is 12. The average molecular weight is 596 g/mol. The van der Waals surface area contributed by atoms with E-state index in [1.54, 1.807) is 51.9 Å². The lowest BCUT2D eigenvalue weighted by Crippen LogP contribution is -2.42. The lowest BCUT2D eigenvalue weighted by Gasteiger charge is -2.35. The number of hydrogen-bond acceptors (Lipinski definition) is 6. The number of halogens is 1. The Morgan fingerprint density at radius 2 is 1.80 bits per heavy atom. The smallest absolute Gasteiger partial charge is 0.330 e. The summed E-state index contributed by atoms with van der Waals surface area (Å²) in [5.74, 6) is 0.103. The molecule has 0 saturated heterocycles. The van der Waals surface area contributed by atoms with Gasteiger partial charge in [0.15, 0.2) is 0 Å². The summed E-state index contributed by atoms with van der Waals surface area (Å²) >= 11 is 6.28. The molecule has 2 atom stereocenters. The average Bonchev–Trinajstić information content (AvgIpc) is 2.96. The van der Waals surface area contributed by atoms with E-state index in [0.29, 0.717) is 52.4 Å². The zero-order chi connectivity index (χ0) is 29.5. The maximum Gasteiger partial charge on any atom is 0.695 e. The van der Waals surface area contributed by atoms with Crippen molar-refractivity contribution in [3.8, 4) is 0 Å². The summed E-state index contributed by atoms with van der Waals surface area (Å²) in [6, 6.07) is 20.8. The number of carbonyl (C=O) groups excluding carboxylic acids is 1. The van der Waals surface area contributed by atoms with Crippen molar-refractivity contribution >= 4 is 36.7 Å². The number of benzene rings is 3. The Balaban J connectivity index is 1.84. The quantitative estimate of drug-likeness (QED) is 0.208. The monoisotopic (exact) mass is 595 g/mol. The molecule has 3 N–H and O–H groups in total. The van der Waals surface area contributed by atoms with E-state index >= 15 is 0 Å². The summed E-state index contributed by atoms with van der Waals surface area (Å²) < 4.78 is 17.3. The third-order valence-corrected chi connectivity index (χ3v) is 7.35. The van der Waals surface area contributed by atoms with E-state index in [2.05, 4.69) is 0 Å². The van der Waals surface area contributed by atoms with Crippen LogP contribution in [0.1, 0.15) is 53.6 Å². The first kappa shape index (κ1) is 30.5. The third-order valence-electron chi connectivity index (χ3n) is 6.77. The van der Waals surface area contributed by atoms with E-state index in [4.69, 9.17) is 31.7 Å². The summed E-state index contributed by atoms with van der Waals surface area (Å²) in [7, 11) is -2.72. The van der Waals surface area contributed by atoms with Gasteiger partial charge >= 0.3 is 8.25 Å². The molecule has 11 heteroatoms. The largest absolute Gasteiger partial charge is 0.695 e. The predicted octanol–water partition coefficient (Wildman–Crippen LogP) is 5.45. The molecule has 1 aromatic heterocycles. The van der Waals surface area contributed by atoms with Crippen LogP contribution in [0.4, 0.5) is 0 Å². The van der Waals surface area contributed by atoms with Gasteiger partial charge in [-0.3, -0.25) is 14.2 Å². The molecule has 0 aliphatic rings. The highest BCUT2D eigenvalue weighted by Gasteiger charge is 2.32. The third kappa shape index (κ3) is 7.44. The lowest BCUT2D eigenvalue weighted by atomic mass is 9.98. The zero-order valence-corrected chi connectivity index (χ0v) is 24.6. The predicted molar refractivity (Wildman–Crippen MR) is 160 cm³/mol. The second-order valence-electron chi connectivity index (χ2n) is 10.0. The van der Waals surface area contributed by atoms with E-state index in [9.17, 15) is 14.2 Å². The summed E-state index contributed by atoms with van der Waals surface area (Å²) in [6.45, 7) is 4.94. The van der Waals surface area contributed by atoms with Crippen molar-refractivity contribution in [3.63, 3.8) is 0 Å². The lowest BCUT2D eigenvalue weighted by molar-refractivity contribution is 0.0602. The van der Waals surface area contributed by atoms with Crippen LogP contribution in [0.15, 0.2) is 77.6 Å². The summed E-state index contributed by atoms with van der Waals surface area (Å²) in [5.41, 5.74) is 8.12. The molecule has 4 aromatic rings. The Labute approximate surface area is 244 Å². The molecule has 214 valence electrons. The van der Waals surface area contributed by atoms with Crippen LogP contribution in [0.2, 0.25) is 5.02 Å². The van der Waals surface area contributed by atoms with Crippen LogP contribution in [0.3, 0.4) is 0 Å². The molecule has 1 amide bonds. The van der Waals surface area contributed by atoms with Crippen LogP contribution in [-0.2, 0) is 22.2 Å². The van der Waals surface area contributed by atoms with Gasteiger partial charge < -0.3 is 10.6 Å². The van der Waals surface area contributed by atoms with Gasteiger partial charge in [0.05, 0.1) is 23.5 Å². The molecule has 0 aliphatic carbocycles. The molecule has 2 unspecified atom stereocenters. The standard InChI is InChI=1S/C30H32ClN4O5P/c1-20(2)27(34(16-6-15-32)29(36)23-11-9-22(10-12-23)19-40-41(38)39)28-33-26-17-24(31)13-14-25(26)30(37)35(28)18-21-7-4-3-5-8-21/h3-5,7-14,17,20,27H,6,15-16,18-19,32H2,1-2H3/p+1. The molecule has 41 heavy (non-hydrogen) atoms. The van der Waals surface area contributed by atoms with Crippen molar-refractivity contribution in [2.45, 2.75) is 39.5 Å². The maximum atomic E-state index is 14.1. The van der Waals surface area contributed by atoms with Gasteiger partial charge in [-0.05, 0) is 60.3 Å². The van der Waals surface area contributed by atoms with E-state index < -0.39 is 14.3 Å². The first-order chi connectivity index (χ1) is 19.7. The Kier molecular flexibility index (Phi) is 10.4. The van der Waals surface area contributed by atoms with Gasteiger partial charge in [0.25, 0.3) is 11.5 Å². The highest BCUT2D eigenvalue weighted by molar-refractivity contribution is 7.32. The van der Waals surface area contributed by atoms with Crippen molar-refractivity contribution in [2.75, 3.05) is 13.1 Å². The van der Waals surface area contributed by atoms with Crippen molar-refractivity contribution in [1.82, 2.24) is 14.5 Å². The fraction of sp³-hybridized carbons (Fsp3) is 0.300.